The van der Waals surface area contributed by atoms with E-state index in [1.165, 1.54) is 16.2 Å². The number of aromatic nitrogens is 1. The molecule has 1 aromatic rings. The fourth-order valence-electron chi connectivity index (χ4n) is 1.44. The lowest BCUT2D eigenvalue weighted by Crippen LogP contribution is -2.27. The third-order valence-corrected chi connectivity index (χ3v) is 3.07. The molecule has 1 rings (SSSR count). The van der Waals surface area contributed by atoms with Crippen LogP contribution in [0.15, 0.2) is 18.0 Å². The van der Waals surface area contributed by atoms with Crippen LogP contribution in [0.3, 0.4) is 0 Å². The van der Waals surface area contributed by atoms with E-state index in [2.05, 4.69) is 16.9 Å². The van der Waals surface area contributed by atoms with Crippen molar-refractivity contribution in [2.24, 2.45) is 5.92 Å². The Labute approximate surface area is 117 Å². The summed E-state index contributed by atoms with van der Waals surface area (Å²) < 4.78 is 0. The smallest absolute Gasteiger partial charge is 0.273 e. The highest BCUT2D eigenvalue weighted by molar-refractivity contribution is 7.14. The number of likely N-dealkylation sites (N-methyl/N-ethyl adjacent to an activating group) is 1. The molecule has 0 aliphatic heterocycles. The Morgan fingerprint density at radius 1 is 1.58 bits per heavy atom. The van der Waals surface area contributed by atoms with Crippen LogP contribution >= 0.6 is 11.3 Å². The van der Waals surface area contributed by atoms with Crippen LogP contribution in [0.1, 0.15) is 30.8 Å². The standard InChI is InChI=1S/C13H19N3O2S/c1-5-6-16(4)12(18)10-8-19-13(14-10)15-11(17)7-9(2)3/h5,8-9H,1,6-7H2,2-4H3,(H,14,15,17). The monoisotopic (exact) mass is 281 g/mol. The van der Waals surface area contributed by atoms with Gasteiger partial charge in [-0.1, -0.05) is 19.9 Å². The summed E-state index contributed by atoms with van der Waals surface area (Å²) in [4.78, 5) is 29.1. The largest absolute Gasteiger partial charge is 0.337 e. The van der Waals surface area contributed by atoms with Crippen LogP contribution in [0.5, 0.6) is 0 Å². The molecule has 0 bridgehead atoms. The minimum absolute atomic E-state index is 0.0807. The average molecular weight is 281 g/mol. The summed E-state index contributed by atoms with van der Waals surface area (Å²) in [6.07, 6.45) is 2.09. The summed E-state index contributed by atoms with van der Waals surface area (Å²) in [6, 6.07) is 0. The molecule has 1 heterocycles. The molecule has 5 nitrogen and oxygen atoms in total. The Bertz CT molecular complexity index is 468. The summed E-state index contributed by atoms with van der Waals surface area (Å²) >= 11 is 1.25. The number of nitrogens with zero attached hydrogens (tertiary/aromatic N) is 2. The number of anilines is 1. The first kappa shape index (κ1) is 15.4. The van der Waals surface area contributed by atoms with E-state index in [9.17, 15) is 9.59 Å². The van der Waals surface area contributed by atoms with Crippen LogP contribution in [0.25, 0.3) is 0 Å². The maximum atomic E-state index is 11.9. The van der Waals surface area contributed by atoms with Gasteiger partial charge in [-0.05, 0) is 5.92 Å². The summed E-state index contributed by atoms with van der Waals surface area (Å²) in [5.41, 5.74) is 0.342. The highest BCUT2D eigenvalue weighted by Gasteiger charge is 2.15. The number of hydrogen-bond donors (Lipinski definition) is 1. The van der Waals surface area contributed by atoms with Crippen LogP contribution in [-0.4, -0.2) is 35.3 Å². The van der Waals surface area contributed by atoms with Crippen molar-refractivity contribution in [3.63, 3.8) is 0 Å². The van der Waals surface area contributed by atoms with Gasteiger partial charge in [-0.3, -0.25) is 9.59 Å². The minimum atomic E-state index is -0.180. The molecular weight excluding hydrogens is 262 g/mol. The second kappa shape index (κ2) is 7.04. The zero-order valence-corrected chi connectivity index (χ0v) is 12.3. The van der Waals surface area contributed by atoms with Gasteiger partial charge in [0.15, 0.2) is 5.13 Å². The van der Waals surface area contributed by atoms with Gasteiger partial charge in [-0.25, -0.2) is 4.98 Å². The van der Waals surface area contributed by atoms with Crippen LogP contribution in [0.2, 0.25) is 0 Å². The predicted molar refractivity (Wildman–Crippen MR) is 77.4 cm³/mol. The van der Waals surface area contributed by atoms with Crippen LogP contribution in [-0.2, 0) is 4.79 Å². The Balaban J connectivity index is 2.64. The SMILES string of the molecule is C=CCN(C)C(=O)c1csc(NC(=O)CC(C)C)n1. The average Bonchev–Trinajstić information content (AvgIpc) is 2.75. The number of carbonyl (C=O) groups is 2. The molecule has 0 spiro atoms. The normalized spacial score (nSPS) is 10.3. The third kappa shape index (κ3) is 4.82. The molecule has 2 amide bonds. The van der Waals surface area contributed by atoms with E-state index in [4.69, 9.17) is 0 Å². The molecule has 104 valence electrons. The first-order chi connectivity index (χ1) is 8.93. The van der Waals surface area contributed by atoms with Crippen LogP contribution in [0, 0.1) is 5.92 Å². The molecule has 0 fully saturated rings. The maximum absolute atomic E-state index is 11.9. The molecule has 0 saturated carbocycles. The Hall–Kier alpha value is -1.69. The van der Waals surface area contributed by atoms with Gasteiger partial charge in [0.05, 0.1) is 0 Å². The van der Waals surface area contributed by atoms with Crippen molar-refractivity contribution in [2.45, 2.75) is 20.3 Å². The van der Waals surface area contributed by atoms with Crippen LogP contribution in [0.4, 0.5) is 5.13 Å². The lowest BCUT2D eigenvalue weighted by atomic mass is 10.1. The van der Waals surface area contributed by atoms with Gasteiger partial charge in [-0.15, -0.1) is 17.9 Å². The van der Waals surface area contributed by atoms with Crippen molar-refractivity contribution in [1.29, 1.82) is 0 Å². The molecule has 0 aromatic carbocycles. The van der Waals surface area contributed by atoms with Gasteiger partial charge in [0.25, 0.3) is 5.91 Å². The molecule has 0 aliphatic rings. The molecule has 0 saturated heterocycles. The molecule has 0 aliphatic carbocycles. The number of rotatable bonds is 6. The molecule has 1 N–H and O–H groups in total. The van der Waals surface area contributed by atoms with Crippen molar-refractivity contribution in [3.05, 3.63) is 23.7 Å². The van der Waals surface area contributed by atoms with E-state index in [-0.39, 0.29) is 11.8 Å². The summed E-state index contributed by atoms with van der Waals surface area (Å²) in [5, 5.41) is 4.80. The van der Waals surface area contributed by atoms with E-state index < -0.39 is 0 Å². The van der Waals surface area contributed by atoms with Gasteiger partial charge in [-0.2, -0.15) is 0 Å². The summed E-state index contributed by atoms with van der Waals surface area (Å²) in [5.74, 6) is 0.0306. The minimum Gasteiger partial charge on any atom is -0.337 e. The van der Waals surface area contributed by atoms with Crippen molar-refractivity contribution in [3.8, 4) is 0 Å². The topological polar surface area (TPSA) is 62.3 Å². The predicted octanol–water partition coefficient (Wildman–Crippen LogP) is 2.39. The van der Waals surface area contributed by atoms with E-state index in [1.54, 1.807) is 18.5 Å². The first-order valence-corrected chi connectivity index (χ1v) is 6.93. The van der Waals surface area contributed by atoms with Gasteiger partial charge >= 0.3 is 0 Å². The van der Waals surface area contributed by atoms with Crippen LogP contribution < -0.4 is 5.32 Å². The Kier molecular flexibility index (Phi) is 5.69. The van der Waals surface area contributed by atoms with Crippen molar-refractivity contribution in [1.82, 2.24) is 9.88 Å². The molecule has 0 atom stereocenters. The second-order valence-corrected chi connectivity index (χ2v) is 5.52. The Morgan fingerprint density at radius 3 is 2.84 bits per heavy atom. The zero-order chi connectivity index (χ0) is 14.4. The Morgan fingerprint density at radius 2 is 2.26 bits per heavy atom. The van der Waals surface area contributed by atoms with Gasteiger partial charge in [0, 0.05) is 25.4 Å². The summed E-state index contributed by atoms with van der Waals surface area (Å²) in [7, 11) is 1.68. The first-order valence-electron chi connectivity index (χ1n) is 6.05. The summed E-state index contributed by atoms with van der Waals surface area (Å²) in [6.45, 7) is 7.99. The van der Waals surface area contributed by atoms with Crippen molar-refractivity contribution in [2.75, 3.05) is 18.9 Å². The van der Waals surface area contributed by atoms with E-state index in [1.807, 2.05) is 13.8 Å². The van der Waals surface area contributed by atoms with Gasteiger partial charge < -0.3 is 10.2 Å². The molecular formula is C13H19N3O2S. The van der Waals surface area contributed by atoms with Gasteiger partial charge in [0.2, 0.25) is 5.91 Å². The second-order valence-electron chi connectivity index (χ2n) is 4.66. The molecule has 6 heteroatoms. The number of nitrogens with one attached hydrogen (secondary N) is 1. The number of amides is 2. The molecule has 0 unspecified atom stereocenters. The molecule has 0 radical (unpaired) electrons. The zero-order valence-electron chi connectivity index (χ0n) is 11.5. The molecule has 19 heavy (non-hydrogen) atoms. The third-order valence-electron chi connectivity index (χ3n) is 2.31. The fraction of sp³-hybridized carbons (Fsp3) is 0.462. The van der Waals surface area contributed by atoms with E-state index in [0.717, 1.165) is 0 Å². The lowest BCUT2D eigenvalue weighted by Gasteiger charge is -2.12. The number of hydrogen-bond acceptors (Lipinski definition) is 4. The van der Waals surface area contributed by atoms with Crippen molar-refractivity contribution >= 4 is 28.3 Å². The van der Waals surface area contributed by atoms with Gasteiger partial charge in [0.1, 0.15) is 5.69 Å². The number of carbonyl (C=O) groups excluding carboxylic acids is 2. The lowest BCUT2D eigenvalue weighted by molar-refractivity contribution is -0.116. The van der Waals surface area contributed by atoms with E-state index in [0.29, 0.717) is 29.7 Å². The number of thiazole rings is 1. The highest BCUT2D eigenvalue weighted by Crippen LogP contribution is 2.17. The fourth-order valence-corrected chi connectivity index (χ4v) is 2.14. The maximum Gasteiger partial charge on any atom is 0.273 e. The highest BCUT2D eigenvalue weighted by atomic mass is 32.1. The van der Waals surface area contributed by atoms with Crippen molar-refractivity contribution < 1.29 is 9.59 Å². The molecule has 1 aromatic heterocycles. The van der Waals surface area contributed by atoms with E-state index >= 15 is 0 Å². The quantitative estimate of drug-likeness (QED) is 0.814.